The van der Waals surface area contributed by atoms with Crippen LogP contribution in [0, 0.1) is 5.82 Å². The van der Waals surface area contributed by atoms with Gasteiger partial charge in [0.2, 0.25) is 0 Å². The molecular weight excluding hydrogens is 233 g/mol. The number of ether oxygens (including phenoxy) is 2. The van der Waals surface area contributed by atoms with Gasteiger partial charge in [-0.25, -0.2) is 4.39 Å². The van der Waals surface area contributed by atoms with Crippen LogP contribution in [0.25, 0.3) is 0 Å². The van der Waals surface area contributed by atoms with E-state index in [4.69, 9.17) is 15.2 Å². The van der Waals surface area contributed by atoms with Crippen molar-refractivity contribution in [3.8, 4) is 5.75 Å². The molecule has 2 atom stereocenters. The third-order valence-corrected chi connectivity index (χ3v) is 3.40. The van der Waals surface area contributed by atoms with Gasteiger partial charge in [-0.1, -0.05) is 6.07 Å². The Balaban J connectivity index is 1.89. The molecule has 2 unspecified atom stereocenters. The van der Waals surface area contributed by atoms with Crippen LogP contribution in [-0.4, -0.2) is 19.3 Å². The average molecular weight is 253 g/mol. The van der Waals surface area contributed by atoms with Gasteiger partial charge < -0.3 is 15.2 Å². The lowest BCUT2D eigenvalue weighted by Gasteiger charge is -2.26. The smallest absolute Gasteiger partial charge is 0.132 e. The number of halogens is 1. The zero-order valence-corrected chi connectivity index (χ0v) is 10.7. The second-order valence-electron chi connectivity index (χ2n) is 4.82. The first-order valence-electron chi connectivity index (χ1n) is 6.38. The van der Waals surface area contributed by atoms with Crippen LogP contribution in [0.3, 0.4) is 0 Å². The van der Waals surface area contributed by atoms with Crippen LogP contribution in [0.2, 0.25) is 0 Å². The van der Waals surface area contributed by atoms with E-state index in [9.17, 15) is 4.39 Å². The van der Waals surface area contributed by atoms with E-state index in [1.54, 1.807) is 12.1 Å². The molecule has 1 aliphatic rings. The first-order chi connectivity index (χ1) is 8.69. The molecule has 1 aliphatic carbocycles. The number of methoxy groups -OCH3 is 1. The van der Waals surface area contributed by atoms with Crippen molar-refractivity contribution in [2.45, 2.75) is 44.4 Å². The van der Waals surface area contributed by atoms with Gasteiger partial charge in [-0.15, -0.1) is 0 Å². The summed E-state index contributed by atoms with van der Waals surface area (Å²) < 4.78 is 24.4. The van der Waals surface area contributed by atoms with Gasteiger partial charge in [-0.05, 0) is 31.7 Å². The third kappa shape index (κ3) is 3.43. The van der Waals surface area contributed by atoms with Gasteiger partial charge in [0.1, 0.15) is 11.6 Å². The first-order valence-corrected chi connectivity index (χ1v) is 6.38. The number of rotatable bonds is 4. The first kappa shape index (κ1) is 13.3. The normalized spacial score (nSPS) is 23.9. The van der Waals surface area contributed by atoms with Gasteiger partial charge >= 0.3 is 0 Å². The van der Waals surface area contributed by atoms with E-state index in [0.717, 1.165) is 25.7 Å². The Hall–Kier alpha value is -1.13. The van der Waals surface area contributed by atoms with E-state index in [-0.39, 0.29) is 18.0 Å². The fourth-order valence-electron chi connectivity index (χ4n) is 2.31. The molecule has 3 nitrogen and oxygen atoms in total. The van der Waals surface area contributed by atoms with E-state index in [1.165, 1.54) is 13.2 Å². The molecule has 1 saturated carbocycles. The molecule has 2 N–H and O–H groups in total. The summed E-state index contributed by atoms with van der Waals surface area (Å²) in [5.74, 6) is 0.241. The zero-order chi connectivity index (χ0) is 13.0. The maximum Gasteiger partial charge on any atom is 0.132 e. The van der Waals surface area contributed by atoms with E-state index >= 15 is 0 Å². The highest BCUT2D eigenvalue weighted by atomic mass is 19.1. The standard InChI is InChI=1S/C14H20FNO2/c1-17-12-6-5-10(14(15)8-12)9-18-13-4-2-3-11(16)7-13/h5-6,8,11,13H,2-4,7,9,16H2,1H3. The molecule has 0 saturated heterocycles. The Kier molecular flexibility index (Phi) is 4.55. The van der Waals surface area contributed by atoms with Crippen molar-refractivity contribution in [2.75, 3.05) is 7.11 Å². The van der Waals surface area contributed by atoms with Crippen LogP contribution in [0.5, 0.6) is 5.75 Å². The van der Waals surface area contributed by atoms with Crippen LogP contribution in [0.15, 0.2) is 18.2 Å². The summed E-state index contributed by atoms with van der Waals surface area (Å²) in [7, 11) is 1.52. The van der Waals surface area contributed by atoms with Crippen molar-refractivity contribution in [3.63, 3.8) is 0 Å². The van der Waals surface area contributed by atoms with Crippen molar-refractivity contribution in [1.82, 2.24) is 0 Å². The minimum absolute atomic E-state index is 0.162. The Morgan fingerprint density at radius 1 is 1.39 bits per heavy atom. The van der Waals surface area contributed by atoms with Crippen molar-refractivity contribution < 1.29 is 13.9 Å². The Bertz CT molecular complexity index is 397. The van der Waals surface area contributed by atoms with E-state index in [2.05, 4.69) is 0 Å². The SMILES string of the molecule is COc1ccc(COC2CCCC(N)C2)c(F)c1. The molecule has 2 rings (SSSR count). The lowest BCUT2D eigenvalue weighted by atomic mass is 9.93. The number of hydrogen-bond donors (Lipinski definition) is 1. The van der Waals surface area contributed by atoms with Crippen LogP contribution in [-0.2, 0) is 11.3 Å². The van der Waals surface area contributed by atoms with E-state index in [1.807, 2.05) is 0 Å². The zero-order valence-electron chi connectivity index (χ0n) is 10.7. The number of nitrogens with two attached hydrogens (primary N) is 1. The Morgan fingerprint density at radius 3 is 2.89 bits per heavy atom. The van der Waals surface area contributed by atoms with Crippen LogP contribution >= 0.6 is 0 Å². The molecular formula is C14H20FNO2. The predicted octanol–water partition coefficient (Wildman–Crippen LogP) is 2.62. The minimum Gasteiger partial charge on any atom is -0.497 e. The molecule has 4 heteroatoms. The summed E-state index contributed by atoms with van der Waals surface area (Å²) in [6.45, 7) is 0.299. The molecule has 0 aliphatic heterocycles. The summed E-state index contributed by atoms with van der Waals surface area (Å²) in [4.78, 5) is 0. The van der Waals surface area contributed by atoms with Gasteiger partial charge in [-0.3, -0.25) is 0 Å². The quantitative estimate of drug-likeness (QED) is 0.897. The van der Waals surface area contributed by atoms with E-state index < -0.39 is 0 Å². The van der Waals surface area contributed by atoms with E-state index in [0.29, 0.717) is 17.9 Å². The summed E-state index contributed by atoms with van der Waals surface area (Å²) in [5, 5.41) is 0. The summed E-state index contributed by atoms with van der Waals surface area (Å²) >= 11 is 0. The monoisotopic (exact) mass is 253 g/mol. The van der Waals surface area contributed by atoms with Crippen molar-refractivity contribution >= 4 is 0 Å². The molecule has 18 heavy (non-hydrogen) atoms. The lowest BCUT2D eigenvalue weighted by Crippen LogP contribution is -2.32. The summed E-state index contributed by atoms with van der Waals surface area (Å²) in [6.07, 6.45) is 4.21. The molecule has 0 bridgehead atoms. The fraction of sp³-hybridized carbons (Fsp3) is 0.571. The van der Waals surface area contributed by atoms with Gasteiger partial charge in [-0.2, -0.15) is 0 Å². The molecule has 100 valence electrons. The molecule has 0 amide bonds. The summed E-state index contributed by atoms with van der Waals surface area (Å²) in [5.41, 5.74) is 6.46. The Morgan fingerprint density at radius 2 is 2.22 bits per heavy atom. The van der Waals surface area contributed by atoms with Gasteiger partial charge in [0.15, 0.2) is 0 Å². The van der Waals surface area contributed by atoms with Crippen molar-refractivity contribution in [1.29, 1.82) is 0 Å². The fourth-order valence-corrected chi connectivity index (χ4v) is 2.31. The lowest BCUT2D eigenvalue weighted by molar-refractivity contribution is 0.0110. The second-order valence-corrected chi connectivity index (χ2v) is 4.82. The molecule has 0 heterocycles. The van der Waals surface area contributed by atoms with Crippen molar-refractivity contribution in [2.24, 2.45) is 5.73 Å². The van der Waals surface area contributed by atoms with Gasteiger partial charge in [0.05, 0.1) is 19.8 Å². The highest BCUT2D eigenvalue weighted by Crippen LogP contribution is 2.22. The van der Waals surface area contributed by atoms with Crippen LogP contribution < -0.4 is 10.5 Å². The van der Waals surface area contributed by atoms with Gasteiger partial charge in [0, 0.05) is 17.7 Å². The number of hydrogen-bond acceptors (Lipinski definition) is 3. The van der Waals surface area contributed by atoms with Crippen LogP contribution in [0.1, 0.15) is 31.2 Å². The second kappa shape index (κ2) is 6.16. The minimum atomic E-state index is -0.283. The average Bonchev–Trinajstić information content (AvgIpc) is 2.37. The van der Waals surface area contributed by atoms with Crippen LogP contribution in [0.4, 0.5) is 4.39 Å². The highest BCUT2D eigenvalue weighted by Gasteiger charge is 2.20. The summed E-state index contributed by atoms with van der Waals surface area (Å²) in [6, 6.07) is 5.06. The molecule has 1 aromatic rings. The molecule has 0 aromatic heterocycles. The largest absolute Gasteiger partial charge is 0.497 e. The maximum atomic E-state index is 13.7. The molecule has 0 radical (unpaired) electrons. The third-order valence-electron chi connectivity index (χ3n) is 3.40. The molecule has 0 spiro atoms. The van der Waals surface area contributed by atoms with Gasteiger partial charge in [0.25, 0.3) is 0 Å². The topological polar surface area (TPSA) is 44.5 Å². The predicted molar refractivity (Wildman–Crippen MR) is 68.0 cm³/mol. The Labute approximate surface area is 107 Å². The number of benzene rings is 1. The van der Waals surface area contributed by atoms with Crippen molar-refractivity contribution in [3.05, 3.63) is 29.6 Å². The molecule has 1 aromatic carbocycles. The highest BCUT2D eigenvalue weighted by molar-refractivity contribution is 5.28. The maximum absolute atomic E-state index is 13.7. The molecule has 1 fully saturated rings.